The summed E-state index contributed by atoms with van der Waals surface area (Å²) in [5.74, 6) is 0. The molecule has 0 unspecified atom stereocenters. The molecule has 0 aromatic carbocycles. The van der Waals surface area contributed by atoms with Crippen LogP contribution in [0.4, 0.5) is 4.39 Å². The highest BCUT2D eigenvalue weighted by molar-refractivity contribution is 4.97. The van der Waals surface area contributed by atoms with E-state index in [0.29, 0.717) is 5.41 Å². The van der Waals surface area contributed by atoms with Crippen molar-refractivity contribution in [2.45, 2.75) is 26.2 Å². The molecule has 1 spiro atoms. The number of rotatable bonds is 3. The summed E-state index contributed by atoms with van der Waals surface area (Å²) in [6.45, 7) is 7.69. The molecule has 0 amide bonds. The average Bonchev–Trinajstić information content (AvgIpc) is 2.16. The quantitative estimate of drug-likeness (QED) is 0.640. The lowest BCUT2D eigenvalue weighted by Crippen LogP contribution is -2.59. The Bertz CT molecular complexity index is 180. The first-order chi connectivity index (χ1) is 6.78. The van der Waals surface area contributed by atoms with Gasteiger partial charge in [-0.2, -0.15) is 0 Å². The van der Waals surface area contributed by atoms with Gasteiger partial charge >= 0.3 is 0 Å². The van der Waals surface area contributed by atoms with Crippen LogP contribution in [0.15, 0.2) is 0 Å². The number of hydrogen-bond acceptors (Lipinski definition) is 2. The summed E-state index contributed by atoms with van der Waals surface area (Å²) in [6, 6.07) is 0. The molecule has 0 aromatic heterocycles. The van der Waals surface area contributed by atoms with Gasteiger partial charge < -0.3 is 4.90 Å². The second kappa shape index (κ2) is 4.15. The molecular weight excluding hydrogens is 179 g/mol. The third kappa shape index (κ3) is 1.94. The topological polar surface area (TPSA) is 6.48 Å². The van der Waals surface area contributed by atoms with E-state index in [-0.39, 0.29) is 6.80 Å². The summed E-state index contributed by atoms with van der Waals surface area (Å²) < 4.78 is 12.3. The van der Waals surface area contributed by atoms with Crippen LogP contribution >= 0.6 is 0 Å². The summed E-state index contributed by atoms with van der Waals surface area (Å²) in [7, 11) is 0. The summed E-state index contributed by atoms with van der Waals surface area (Å²) in [4.78, 5) is 4.46. The van der Waals surface area contributed by atoms with Crippen LogP contribution in [-0.4, -0.2) is 49.3 Å². The average molecular weight is 200 g/mol. The first kappa shape index (κ1) is 10.4. The number of halogens is 1. The third-order valence-corrected chi connectivity index (χ3v) is 3.74. The van der Waals surface area contributed by atoms with Gasteiger partial charge in [-0.05, 0) is 44.3 Å². The van der Waals surface area contributed by atoms with Crippen LogP contribution in [0.1, 0.15) is 26.2 Å². The van der Waals surface area contributed by atoms with Crippen LogP contribution in [0, 0.1) is 5.41 Å². The van der Waals surface area contributed by atoms with Crippen LogP contribution in [-0.2, 0) is 0 Å². The molecule has 0 atom stereocenters. The van der Waals surface area contributed by atoms with Crippen molar-refractivity contribution in [3.63, 3.8) is 0 Å². The van der Waals surface area contributed by atoms with Crippen molar-refractivity contribution < 1.29 is 4.39 Å². The molecule has 3 heteroatoms. The highest BCUT2D eigenvalue weighted by Gasteiger charge is 2.44. The predicted molar refractivity (Wildman–Crippen MR) is 55.9 cm³/mol. The summed E-state index contributed by atoms with van der Waals surface area (Å²) in [5.41, 5.74) is 0.496. The molecule has 2 aliphatic rings. The molecule has 2 rings (SSSR count). The Kier molecular flexibility index (Phi) is 3.07. The van der Waals surface area contributed by atoms with E-state index in [1.54, 1.807) is 0 Å². The Morgan fingerprint density at radius 1 is 1.14 bits per heavy atom. The van der Waals surface area contributed by atoms with Crippen LogP contribution in [0.25, 0.3) is 0 Å². The lowest BCUT2D eigenvalue weighted by Gasteiger charge is -2.53. The fourth-order valence-electron chi connectivity index (χ4n) is 2.87. The minimum Gasteiger partial charge on any atom is -0.303 e. The number of hydrogen-bond donors (Lipinski definition) is 0. The molecule has 0 saturated carbocycles. The molecule has 0 bridgehead atoms. The van der Waals surface area contributed by atoms with Gasteiger partial charge in [-0.1, -0.05) is 6.92 Å². The monoisotopic (exact) mass is 200 g/mol. The van der Waals surface area contributed by atoms with Gasteiger partial charge in [0.2, 0.25) is 0 Å². The maximum absolute atomic E-state index is 12.3. The van der Waals surface area contributed by atoms with Crippen molar-refractivity contribution >= 4 is 0 Å². The Hall–Kier alpha value is -0.150. The van der Waals surface area contributed by atoms with Crippen LogP contribution in [0.3, 0.4) is 0 Å². The molecule has 2 nitrogen and oxygen atoms in total. The lowest BCUT2D eigenvalue weighted by atomic mass is 9.72. The van der Waals surface area contributed by atoms with E-state index in [4.69, 9.17) is 0 Å². The van der Waals surface area contributed by atoms with Crippen LogP contribution < -0.4 is 0 Å². The number of nitrogens with zero attached hydrogens (tertiary/aromatic N) is 2. The van der Waals surface area contributed by atoms with Crippen molar-refractivity contribution in [1.29, 1.82) is 0 Å². The highest BCUT2D eigenvalue weighted by Crippen LogP contribution is 2.40. The van der Waals surface area contributed by atoms with Gasteiger partial charge in [0.15, 0.2) is 0 Å². The summed E-state index contributed by atoms with van der Waals surface area (Å²) >= 11 is 0. The van der Waals surface area contributed by atoms with Crippen LogP contribution in [0.5, 0.6) is 0 Å². The summed E-state index contributed by atoms with van der Waals surface area (Å²) in [5, 5.41) is 0. The van der Waals surface area contributed by atoms with Gasteiger partial charge in [0, 0.05) is 13.1 Å². The number of alkyl halides is 1. The molecule has 0 radical (unpaired) electrons. The van der Waals surface area contributed by atoms with E-state index < -0.39 is 0 Å². The van der Waals surface area contributed by atoms with Gasteiger partial charge in [-0.25, -0.2) is 4.39 Å². The van der Waals surface area contributed by atoms with E-state index in [2.05, 4.69) is 11.8 Å². The SMILES string of the molecule is CCCN1CCC2(CC1)CN(CF)C2. The smallest absolute Gasteiger partial charge is 0.143 e. The predicted octanol–water partition coefficient (Wildman–Crippen LogP) is 1.72. The van der Waals surface area contributed by atoms with Crippen molar-refractivity contribution in [3.8, 4) is 0 Å². The highest BCUT2D eigenvalue weighted by atomic mass is 19.1. The van der Waals surface area contributed by atoms with Gasteiger partial charge in [0.25, 0.3) is 0 Å². The van der Waals surface area contributed by atoms with Crippen molar-refractivity contribution in [3.05, 3.63) is 0 Å². The first-order valence-electron chi connectivity index (χ1n) is 5.79. The molecule has 2 heterocycles. The van der Waals surface area contributed by atoms with Gasteiger partial charge in [0.05, 0.1) is 0 Å². The van der Waals surface area contributed by atoms with E-state index >= 15 is 0 Å². The van der Waals surface area contributed by atoms with Crippen molar-refractivity contribution in [1.82, 2.24) is 9.80 Å². The molecule has 0 N–H and O–H groups in total. The Morgan fingerprint density at radius 2 is 1.79 bits per heavy atom. The Morgan fingerprint density at radius 3 is 2.29 bits per heavy atom. The molecular formula is C11H21FN2. The van der Waals surface area contributed by atoms with Crippen LogP contribution in [0.2, 0.25) is 0 Å². The number of piperidine rings is 1. The van der Waals surface area contributed by atoms with Gasteiger partial charge in [-0.3, -0.25) is 4.90 Å². The number of likely N-dealkylation sites (tertiary alicyclic amines) is 2. The Labute approximate surface area is 86.1 Å². The molecule has 2 saturated heterocycles. The molecule has 2 fully saturated rings. The molecule has 82 valence electrons. The zero-order chi connectivity index (χ0) is 10.0. The molecule has 14 heavy (non-hydrogen) atoms. The third-order valence-electron chi connectivity index (χ3n) is 3.74. The van der Waals surface area contributed by atoms with E-state index in [1.165, 1.54) is 38.9 Å². The lowest BCUT2D eigenvalue weighted by molar-refractivity contribution is -0.0651. The minimum absolute atomic E-state index is 0.250. The Balaban J connectivity index is 1.74. The van der Waals surface area contributed by atoms with E-state index in [0.717, 1.165) is 13.1 Å². The van der Waals surface area contributed by atoms with Gasteiger partial charge in [-0.15, -0.1) is 0 Å². The largest absolute Gasteiger partial charge is 0.303 e. The standard InChI is InChI=1S/C11H21FN2/c1-2-5-13-6-3-11(4-7-13)8-14(9-11)10-12/h2-10H2,1H3. The van der Waals surface area contributed by atoms with E-state index in [1.807, 2.05) is 4.90 Å². The fraction of sp³-hybridized carbons (Fsp3) is 1.00. The van der Waals surface area contributed by atoms with E-state index in [9.17, 15) is 4.39 Å². The van der Waals surface area contributed by atoms with Gasteiger partial charge in [0.1, 0.15) is 6.80 Å². The maximum atomic E-state index is 12.3. The normalized spacial score (nSPS) is 27.9. The van der Waals surface area contributed by atoms with Crippen molar-refractivity contribution in [2.24, 2.45) is 5.41 Å². The second-order valence-electron chi connectivity index (χ2n) is 4.95. The van der Waals surface area contributed by atoms with Crippen molar-refractivity contribution in [2.75, 3.05) is 39.5 Å². The second-order valence-corrected chi connectivity index (χ2v) is 4.95. The molecule has 0 aromatic rings. The first-order valence-corrected chi connectivity index (χ1v) is 5.79. The molecule has 0 aliphatic carbocycles. The minimum atomic E-state index is -0.250. The molecule has 2 aliphatic heterocycles. The zero-order valence-corrected chi connectivity index (χ0v) is 9.14. The maximum Gasteiger partial charge on any atom is 0.143 e. The fourth-order valence-corrected chi connectivity index (χ4v) is 2.87. The zero-order valence-electron chi connectivity index (χ0n) is 9.14. The summed E-state index contributed by atoms with van der Waals surface area (Å²) in [6.07, 6.45) is 3.82.